The van der Waals surface area contributed by atoms with E-state index in [1.165, 1.54) is 6.54 Å². The van der Waals surface area contributed by atoms with E-state index in [-0.39, 0.29) is 0 Å². The fourth-order valence-electron chi connectivity index (χ4n) is 3.94. The van der Waals surface area contributed by atoms with Gasteiger partial charge < -0.3 is 4.90 Å². The molecule has 1 saturated heterocycles. The van der Waals surface area contributed by atoms with Crippen LogP contribution in [-0.2, 0) is 0 Å². The van der Waals surface area contributed by atoms with E-state index >= 15 is 0 Å². The summed E-state index contributed by atoms with van der Waals surface area (Å²) in [6.07, 6.45) is 4.65. The van der Waals surface area contributed by atoms with E-state index in [9.17, 15) is 0 Å². The molecule has 0 amide bonds. The second-order valence-electron chi connectivity index (χ2n) is 5.24. The quantitative estimate of drug-likeness (QED) is 0.530. The van der Waals surface area contributed by atoms with Gasteiger partial charge in [0.15, 0.2) is 0 Å². The number of hydrogen-bond acceptors (Lipinski definition) is 1. The van der Waals surface area contributed by atoms with E-state index < -0.39 is 0 Å². The predicted molar refractivity (Wildman–Crippen MR) is 49.9 cm³/mol. The first kappa shape index (κ1) is 7.37. The van der Waals surface area contributed by atoms with Gasteiger partial charge in [0, 0.05) is 12.6 Å². The molecule has 1 nitrogen and oxygen atoms in total. The molecule has 0 aromatic carbocycles. The van der Waals surface area contributed by atoms with Gasteiger partial charge in [-0.15, -0.1) is 0 Å². The monoisotopic (exact) mass is 165 g/mol. The van der Waals surface area contributed by atoms with Crippen LogP contribution >= 0.6 is 0 Å². The average molecular weight is 165 g/mol. The molecule has 2 saturated carbocycles. The third kappa shape index (κ3) is 0.736. The van der Waals surface area contributed by atoms with Crippen LogP contribution in [0.4, 0.5) is 0 Å². The van der Waals surface area contributed by atoms with Crippen molar-refractivity contribution in [2.24, 2.45) is 23.7 Å². The Hall–Kier alpha value is -0.0400. The fourth-order valence-corrected chi connectivity index (χ4v) is 3.94. The zero-order valence-electron chi connectivity index (χ0n) is 8.16. The summed E-state index contributed by atoms with van der Waals surface area (Å²) >= 11 is 0. The molecule has 0 bridgehead atoms. The van der Waals surface area contributed by atoms with Crippen molar-refractivity contribution in [3.05, 3.63) is 0 Å². The minimum absolute atomic E-state index is 0.876. The standard InChI is InChI=1S/C11H19N/c1-7-10-5-8-3-4-9(8)11(10)6-12(7)2/h7-11H,3-6H2,1-2H3/t7-,8?,9?,10-,11-/m1/s1. The molecular weight excluding hydrogens is 146 g/mol. The van der Waals surface area contributed by atoms with Crippen LogP contribution in [0, 0.1) is 23.7 Å². The summed E-state index contributed by atoms with van der Waals surface area (Å²) in [5, 5.41) is 0. The maximum Gasteiger partial charge on any atom is 0.00955 e. The Labute approximate surface area is 75.1 Å². The fraction of sp³-hybridized carbons (Fsp3) is 1.00. The number of nitrogens with zero attached hydrogens (tertiary/aromatic N) is 1. The van der Waals surface area contributed by atoms with Gasteiger partial charge in [-0.1, -0.05) is 0 Å². The molecule has 3 rings (SSSR count). The van der Waals surface area contributed by atoms with E-state index in [4.69, 9.17) is 0 Å². The summed E-state index contributed by atoms with van der Waals surface area (Å²) in [7, 11) is 2.30. The summed E-state index contributed by atoms with van der Waals surface area (Å²) < 4.78 is 0. The maximum atomic E-state index is 2.57. The largest absolute Gasteiger partial charge is 0.303 e. The Morgan fingerprint density at radius 1 is 1.08 bits per heavy atom. The Morgan fingerprint density at radius 3 is 2.58 bits per heavy atom. The summed E-state index contributed by atoms with van der Waals surface area (Å²) in [4.78, 5) is 2.57. The minimum Gasteiger partial charge on any atom is -0.303 e. The van der Waals surface area contributed by atoms with E-state index in [0.717, 1.165) is 29.7 Å². The molecule has 1 heteroatoms. The van der Waals surface area contributed by atoms with Crippen LogP contribution < -0.4 is 0 Å². The van der Waals surface area contributed by atoms with Crippen LogP contribution in [0.15, 0.2) is 0 Å². The van der Waals surface area contributed by atoms with Crippen LogP contribution in [0.3, 0.4) is 0 Å². The van der Waals surface area contributed by atoms with Gasteiger partial charge >= 0.3 is 0 Å². The van der Waals surface area contributed by atoms with Crippen LogP contribution in [0.25, 0.3) is 0 Å². The topological polar surface area (TPSA) is 3.24 Å². The Morgan fingerprint density at radius 2 is 1.92 bits per heavy atom. The lowest BCUT2D eigenvalue weighted by Crippen LogP contribution is -2.30. The molecule has 3 fully saturated rings. The molecule has 0 aromatic rings. The van der Waals surface area contributed by atoms with Crippen molar-refractivity contribution >= 4 is 0 Å². The highest BCUT2D eigenvalue weighted by Gasteiger charge is 2.53. The third-order valence-electron chi connectivity index (χ3n) is 4.96. The molecule has 2 aliphatic carbocycles. The van der Waals surface area contributed by atoms with Crippen molar-refractivity contribution in [2.45, 2.75) is 32.2 Å². The van der Waals surface area contributed by atoms with Gasteiger partial charge in [-0.3, -0.25) is 0 Å². The predicted octanol–water partition coefficient (Wildman–Crippen LogP) is 1.98. The van der Waals surface area contributed by atoms with Crippen LogP contribution in [0.1, 0.15) is 26.2 Å². The lowest BCUT2D eigenvalue weighted by atomic mass is 9.73. The second kappa shape index (κ2) is 2.25. The molecule has 2 unspecified atom stereocenters. The number of rotatable bonds is 0. The SMILES string of the molecule is C[C@@H]1[C@H]2CC3CCC3[C@H]2CN1C. The van der Waals surface area contributed by atoms with Crippen molar-refractivity contribution < 1.29 is 0 Å². The van der Waals surface area contributed by atoms with Gasteiger partial charge in [0.2, 0.25) is 0 Å². The molecule has 0 N–H and O–H groups in total. The molecule has 3 aliphatic rings. The van der Waals surface area contributed by atoms with Crippen molar-refractivity contribution in [3.63, 3.8) is 0 Å². The molecule has 1 heterocycles. The van der Waals surface area contributed by atoms with Gasteiger partial charge in [0.1, 0.15) is 0 Å². The second-order valence-corrected chi connectivity index (χ2v) is 5.24. The van der Waals surface area contributed by atoms with Crippen molar-refractivity contribution in [1.82, 2.24) is 4.90 Å². The number of fused-ring (bicyclic) bond motifs is 3. The lowest BCUT2D eigenvalue weighted by Gasteiger charge is -2.34. The molecule has 0 radical (unpaired) electrons. The van der Waals surface area contributed by atoms with Crippen molar-refractivity contribution in [2.75, 3.05) is 13.6 Å². The zero-order chi connectivity index (χ0) is 8.29. The molecule has 1 aliphatic heterocycles. The van der Waals surface area contributed by atoms with Crippen LogP contribution in [0.2, 0.25) is 0 Å². The average Bonchev–Trinajstić information content (AvgIpc) is 2.35. The summed E-state index contributed by atoms with van der Waals surface area (Å²) in [6, 6.07) is 0.876. The molecule has 12 heavy (non-hydrogen) atoms. The van der Waals surface area contributed by atoms with Gasteiger partial charge in [-0.2, -0.15) is 0 Å². The Balaban J connectivity index is 1.83. The van der Waals surface area contributed by atoms with E-state index in [1.807, 2.05) is 0 Å². The third-order valence-corrected chi connectivity index (χ3v) is 4.96. The highest BCUT2D eigenvalue weighted by atomic mass is 15.2. The van der Waals surface area contributed by atoms with Crippen LogP contribution in [-0.4, -0.2) is 24.5 Å². The molecule has 0 spiro atoms. The van der Waals surface area contributed by atoms with E-state index in [1.54, 1.807) is 19.3 Å². The first-order valence-corrected chi connectivity index (χ1v) is 5.47. The summed E-state index contributed by atoms with van der Waals surface area (Å²) in [6.45, 7) is 3.82. The normalized spacial score (nSPS) is 58.0. The summed E-state index contributed by atoms with van der Waals surface area (Å²) in [5.74, 6) is 4.44. The van der Waals surface area contributed by atoms with Gasteiger partial charge in [0.05, 0.1) is 0 Å². The Bertz CT molecular complexity index is 189. The number of likely N-dealkylation sites (tertiary alicyclic amines) is 1. The van der Waals surface area contributed by atoms with Crippen molar-refractivity contribution in [1.29, 1.82) is 0 Å². The Kier molecular flexibility index (Phi) is 1.39. The summed E-state index contributed by atoms with van der Waals surface area (Å²) in [5.41, 5.74) is 0. The first-order chi connectivity index (χ1) is 5.77. The maximum absolute atomic E-state index is 2.57. The molecule has 0 aromatic heterocycles. The van der Waals surface area contributed by atoms with E-state index in [0.29, 0.717) is 0 Å². The first-order valence-electron chi connectivity index (χ1n) is 5.47. The highest BCUT2D eigenvalue weighted by molar-refractivity contribution is 5.04. The molecule has 5 atom stereocenters. The van der Waals surface area contributed by atoms with Gasteiger partial charge in [-0.25, -0.2) is 0 Å². The smallest absolute Gasteiger partial charge is 0.00955 e. The van der Waals surface area contributed by atoms with Gasteiger partial charge in [0.25, 0.3) is 0 Å². The number of hydrogen-bond donors (Lipinski definition) is 0. The van der Waals surface area contributed by atoms with Crippen LogP contribution in [0.5, 0.6) is 0 Å². The van der Waals surface area contributed by atoms with Gasteiger partial charge in [-0.05, 0) is 56.9 Å². The highest BCUT2D eigenvalue weighted by Crippen LogP contribution is 2.57. The van der Waals surface area contributed by atoms with Crippen molar-refractivity contribution in [3.8, 4) is 0 Å². The molecule has 68 valence electrons. The van der Waals surface area contributed by atoms with E-state index in [2.05, 4.69) is 18.9 Å². The molecular formula is C11H19N. The zero-order valence-corrected chi connectivity index (χ0v) is 8.16. The lowest BCUT2D eigenvalue weighted by molar-refractivity contribution is 0.156. The minimum atomic E-state index is 0.876.